The van der Waals surface area contributed by atoms with E-state index in [-0.39, 0.29) is 0 Å². The zero-order valence-electron chi connectivity index (χ0n) is 13.8. The summed E-state index contributed by atoms with van der Waals surface area (Å²) in [5.41, 5.74) is 3.27. The number of hydrogen-bond donors (Lipinski definition) is 1. The Kier molecular flexibility index (Phi) is 4.37. The number of nitrogens with zero attached hydrogens (tertiary/aromatic N) is 3. The molecule has 0 aliphatic carbocycles. The molecule has 122 valence electrons. The highest BCUT2D eigenvalue weighted by molar-refractivity contribution is 6.05. The molecule has 0 spiro atoms. The zero-order chi connectivity index (χ0) is 17.1. The lowest BCUT2D eigenvalue weighted by Gasteiger charge is -2.13. The molecule has 3 heterocycles. The van der Waals surface area contributed by atoms with Crippen molar-refractivity contribution in [3.05, 3.63) is 53.5 Å². The fraction of sp³-hybridized carbons (Fsp3) is 0.222. The first-order valence-electron chi connectivity index (χ1n) is 7.72. The lowest BCUT2D eigenvalue weighted by atomic mass is 10.1. The highest BCUT2D eigenvalue weighted by atomic mass is 16.5. The molecular weight excluding hydrogens is 304 g/mol. The summed E-state index contributed by atoms with van der Waals surface area (Å²) in [5, 5.41) is 3.97. The molecular formula is C18H18N4O2. The Balaban J connectivity index is 2.16. The standard InChI is InChI=1S/C18H18N4O2/c1-4-24-18(23)14-10-19-17-13(9-8-12(3)21-17)16(14)22-15-7-5-6-11(2)20-15/h5-10H,4H2,1-3H3,(H,19,20,21,22). The van der Waals surface area contributed by atoms with Gasteiger partial charge >= 0.3 is 5.97 Å². The lowest BCUT2D eigenvalue weighted by molar-refractivity contribution is 0.0527. The van der Waals surface area contributed by atoms with Crippen LogP contribution in [0.2, 0.25) is 0 Å². The van der Waals surface area contributed by atoms with Gasteiger partial charge in [0.1, 0.15) is 11.4 Å². The van der Waals surface area contributed by atoms with Crippen molar-refractivity contribution in [2.45, 2.75) is 20.8 Å². The Labute approximate surface area is 139 Å². The van der Waals surface area contributed by atoms with E-state index in [9.17, 15) is 4.79 Å². The molecule has 0 aliphatic rings. The van der Waals surface area contributed by atoms with E-state index in [1.165, 1.54) is 6.20 Å². The van der Waals surface area contributed by atoms with E-state index < -0.39 is 5.97 Å². The minimum Gasteiger partial charge on any atom is -0.462 e. The largest absolute Gasteiger partial charge is 0.462 e. The van der Waals surface area contributed by atoms with Gasteiger partial charge in [0, 0.05) is 23.0 Å². The third-order valence-electron chi connectivity index (χ3n) is 3.51. The number of carbonyl (C=O) groups is 1. The SMILES string of the molecule is CCOC(=O)c1cnc2nc(C)ccc2c1Nc1cccc(C)n1. The molecule has 6 nitrogen and oxygen atoms in total. The van der Waals surface area contributed by atoms with Crippen molar-refractivity contribution >= 4 is 28.5 Å². The summed E-state index contributed by atoms with van der Waals surface area (Å²) in [6.07, 6.45) is 1.49. The van der Waals surface area contributed by atoms with Gasteiger partial charge in [-0.05, 0) is 45.0 Å². The first-order valence-corrected chi connectivity index (χ1v) is 7.72. The molecule has 0 radical (unpaired) electrons. The number of pyridine rings is 3. The van der Waals surface area contributed by atoms with E-state index >= 15 is 0 Å². The van der Waals surface area contributed by atoms with Crippen molar-refractivity contribution in [3.8, 4) is 0 Å². The van der Waals surface area contributed by atoms with Crippen LogP contribution >= 0.6 is 0 Å². The molecule has 0 saturated heterocycles. The Morgan fingerprint density at radius 3 is 2.67 bits per heavy atom. The Morgan fingerprint density at radius 2 is 1.92 bits per heavy atom. The van der Waals surface area contributed by atoms with Crippen LogP contribution in [0.15, 0.2) is 36.5 Å². The summed E-state index contributed by atoms with van der Waals surface area (Å²) in [4.78, 5) is 25.4. The molecule has 6 heteroatoms. The van der Waals surface area contributed by atoms with E-state index in [0.717, 1.165) is 16.8 Å². The van der Waals surface area contributed by atoms with Crippen LogP contribution < -0.4 is 5.32 Å². The van der Waals surface area contributed by atoms with Gasteiger partial charge in [-0.1, -0.05) is 6.07 Å². The van der Waals surface area contributed by atoms with Crippen molar-refractivity contribution in [2.75, 3.05) is 11.9 Å². The summed E-state index contributed by atoms with van der Waals surface area (Å²) in [5.74, 6) is 0.219. The van der Waals surface area contributed by atoms with Crippen molar-refractivity contribution in [1.82, 2.24) is 15.0 Å². The number of rotatable bonds is 4. The fourth-order valence-corrected chi connectivity index (χ4v) is 2.41. The zero-order valence-corrected chi connectivity index (χ0v) is 13.8. The monoisotopic (exact) mass is 322 g/mol. The average Bonchev–Trinajstić information content (AvgIpc) is 2.55. The van der Waals surface area contributed by atoms with Crippen LogP contribution in [0.25, 0.3) is 11.0 Å². The second-order valence-electron chi connectivity index (χ2n) is 5.38. The Hall–Kier alpha value is -3.02. The normalized spacial score (nSPS) is 10.6. The number of carbonyl (C=O) groups excluding carboxylic acids is 1. The number of anilines is 2. The number of fused-ring (bicyclic) bond motifs is 1. The minimum absolute atomic E-state index is 0.297. The minimum atomic E-state index is -0.428. The van der Waals surface area contributed by atoms with E-state index in [4.69, 9.17) is 4.74 Å². The lowest BCUT2D eigenvalue weighted by Crippen LogP contribution is -2.10. The van der Waals surface area contributed by atoms with Gasteiger partial charge in [0.05, 0.1) is 12.3 Å². The molecule has 0 aliphatic heterocycles. The van der Waals surface area contributed by atoms with E-state index in [2.05, 4.69) is 20.3 Å². The first-order chi connectivity index (χ1) is 11.6. The summed E-state index contributed by atoms with van der Waals surface area (Å²) in [7, 11) is 0. The molecule has 0 bridgehead atoms. The van der Waals surface area contributed by atoms with E-state index in [1.54, 1.807) is 6.92 Å². The predicted octanol–water partition coefficient (Wildman–Crippen LogP) is 3.56. The van der Waals surface area contributed by atoms with Gasteiger partial charge in [0.15, 0.2) is 5.65 Å². The number of hydrogen-bond acceptors (Lipinski definition) is 6. The number of ether oxygens (including phenoxy) is 1. The van der Waals surface area contributed by atoms with E-state index in [0.29, 0.717) is 29.3 Å². The molecule has 0 saturated carbocycles. The van der Waals surface area contributed by atoms with E-state index in [1.807, 2.05) is 44.2 Å². The van der Waals surface area contributed by atoms with Gasteiger partial charge in [-0.15, -0.1) is 0 Å². The predicted molar refractivity (Wildman–Crippen MR) is 92.5 cm³/mol. The van der Waals surface area contributed by atoms with Crippen LogP contribution in [0.3, 0.4) is 0 Å². The maximum absolute atomic E-state index is 12.3. The van der Waals surface area contributed by atoms with Gasteiger partial charge in [-0.25, -0.2) is 19.7 Å². The third kappa shape index (κ3) is 3.17. The van der Waals surface area contributed by atoms with Gasteiger partial charge in [-0.3, -0.25) is 0 Å². The average molecular weight is 322 g/mol. The van der Waals surface area contributed by atoms with Crippen LogP contribution in [0.5, 0.6) is 0 Å². The Bertz CT molecular complexity index is 909. The second kappa shape index (κ2) is 6.62. The molecule has 0 atom stereocenters. The fourth-order valence-electron chi connectivity index (χ4n) is 2.41. The summed E-state index contributed by atoms with van der Waals surface area (Å²) in [6, 6.07) is 9.43. The molecule has 1 N–H and O–H groups in total. The first kappa shape index (κ1) is 15.9. The van der Waals surface area contributed by atoms with Crippen molar-refractivity contribution in [1.29, 1.82) is 0 Å². The van der Waals surface area contributed by atoms with Crippen LogP contribution in [0.4, 0.5) is 11.5 Å². The van der Waals surface area contributed by atoms with Crippen LogP contribution in [-0.4, -0.2) is 27.5 Å². The summed E-state index contributed by atoms with van der Waals surface area (Å²) >= 11 is 0. The number of aromatic nitrogens is 3. The van der Waals surface area contributed by atoms with Gasteiger partial charge in [-0.2, -0.15) is 0 Å². The topological polar surface area (TPSA) is 77.0 Å². The van der Waals surface area contributed by atoms with Crippen molar-refractivity contribution in [3.63, 3.8) is 0 Å². The number of esters is 1. The molecule has 0 amide bonds. The maximum atomic E-state index is 12.3. The molecule has 3 aromatic heterocycles. The second-order valence-corrected chi connectivity index (χ2v) is 5.38. The van der Waals surface area contributed by atoms with Crippen LogP contribution in [0.1, 0.15) is 28.7 Å². The molecule has 3 aromatic rings. The molecule has 3 rings (SSSR count). The van der Waals surface area contributed by atoms with Gasteiger partial charge in [0.2, 0.25) is 0 Å². The summed E-state index contributed by atoms with van der Waals surface area (Å²) < 4.78 is 5.14. The highest BCUT2D eigenvalue weighted by Gasteiger charge is 2.18. The Morgan fingerprint density at radius 1 is 1.12 bits per heavy atom. The van der Waals surface area contributed by atoms with Gasteiger partial charge in [0.25, 0.3) is 0 Å². The quantitative estimate of drug-likeness (QED) is 0.740. The number of aryl methyl sites for hydroxylation is 2. The van der Waals surface area contributed by atoms with Gasteiger partial charge < -0.3 is 10.1 Å². The molecule has 0 fully saturated rings. The number of nitrogens with one attached hydrogen (secondary N) is 1. The van der Waals surface area contributed by atoms with Crippen molar-refractivity contribution in [2.24, 2.45) is 0 Å². The van der Waals surface area contributed by atoms with Crippen LogP contribution in [-0.2, 0) is 4.74 Å². The molecule has 0 aromatic carbocycles. The molecule has 24 heavy (non-hydrogen) atoms. The highest BCUT2D eigenvalue weighted by Crippen LogP contribution is 2.28. The molecule has 0 unspecified atom stereocenters. The summed E-state index contributed by atoms with van der Waals surface area (Å²) in [6.45, 7) is 5.88. The van der Waals surface area contributed by atoms with Crippen LogP contribution in [0, 0.1) is 13.8 Å². The smallest absolute Gasteiger partial charge is 0.341 e. The van der Waals surface area contributed by atoms with Crippen molar-refractivity contribution < 1.29 is 9.53 Å². The maximum Gasteiger partial charge on any atom is 0.341 e. The third-order valence-corrected chi connectivity index (χ3v) is 3.51.